The van der Waals surface area contributed by atoms with Gasteiger partial charge in [0.05, 0.1) is 6.42 Å². The summed E-state index contributed by atoms with van der Waals surface area (Å²) in [5.41, 5.74) is 2.23. The predicted molar refractivity (Wildman–Crippen MR) is 96.2 cm³/mol. The molecular formula is C19H20ClFN2O. The van der Waals surface area contributed by atoms with Gasteiger partial charge in [-0.25, -0.2) is 4.39 Å². The largest absolute Gasteiger partial charge is 0.372 e. The quantitative estimate of drug-likeness (QED) is 0.873. The highest BCUT2D eigenvalue weighted by molar-refractivity contribution is 6.30. The van der Waals surface area contributed by atoms with E-state index in [1.54, 1.807) is 6.07 Å². The lowest BCUT2D eigenvalue weighted by Crippen LogP contribution is -2.29. The highest BCUT2D eigenvalue weighted by atomic mass is 35.5. The van der Waals surface area contributed by atoms with Crippen LogP contribution in [0.25, 0.3) is 0 Å². The van der Waals surface area contributed by atoms with Crippen molar-refractivity contribution in [1.82, 2.24) is 0 Å². The van der Waals surface area contributed by atoms with Gasteiger partial charge < -0.3 is 10.2 Å². The van der Waals surface area contributed by atoms with Gasteiger partial charge >= 0.3 is 0 Å². The smallest absolute Gasteiger partial charge is 0.228 e. The molecule has 0 aliphatic carbocycles. The Morgan fingerprint density at radius 1 is 1.08 bits per heavy atom. The van der Waals surface area contributed by atoms with Crippen molar-refractivity contribution in [2.75, 3.05) is 23.3 Å². The summed E-state index contributed by atoms with van der Waals surface area (Å²) in [7, 11) is 0. The molecule has 1 aliphatic heterocycles. The zero-order valence-electron chi connectivity index (χ0n) is 13.4. The average Bonchev–Trinajstić information content (AvgIpc) is 2.59. The van der Waals surface area contributed by atoms with Crippen LogP contribution in [0.1, 0.15) is 24.8 Å². The van der Waals surface area contributed by atoms with Crippen LogP contribution in [-0.4, -0.2) is 19.0 Å². The predicted octanol–water partition coefficient (Wildman–Crippen LogP) is 4.65. The maximum absolute atomic E-state index is 13.7. The topological polar surface area (TPSA) is 32.3 Å². The minimum Gasteiger partial charge on any atom is -0.372 e. The van der Waals surface area contributed by atoms with Crippen LogP contribution >= 0.6 is 11.6 Å². The van der Waals surface area contributed by atoms with Crippen molar-refractivity contribution in [3.05, 3.63) is 58.9 Å². The number of carbonyl (C=O) groups excluding carboxylic acids is 1. The van der Waals surface area contributed by atoms with Crippen LogP contribution in [-0.2, 0) is 11.2 Å². The third-order valence-electron chi connectivity index (χ3n) is 4.24. The summed E-state index contributed by atoms with van der Waals surface area (Å²) in [4.78, 5) is 14.4. The van der Waals surface area contributed by atoms with Gasteiger partial charge in [0.25, 0.3) is 0 Å². The molecule has 1 heterocycles. The maximum atomic E-state index is 13.7. The lowest BCUT2D eigenvalue weighted by atomic mass is 10.1. The van der Waals surface area contributed by atoms with E-state index in [0.29, 0.717) is 10.6 Å². The van der Waals surface area contributed by atoms with Gasteiger partial charge in [-0.1, -0.05) is 17.7 Å². The molecule has 24 heavy (non-hydrogen) atoms. The van der Waals surface area contributed by atoms with Crippen molar-refractivity contribution in [1.29, 1.82) is 0 Å². The fourth-order valence-electron chi connectivity index (χ4n) is 2.95. The van der Waals surface area contributed by atoms with E-state index in [0.717, 1.165) is 18.8 Å². The van der Waals surface area contributed by atoms with Crippen molar-refractivity contribution in [3.63, 3.8) is 0 Å². The number of halogens is 2. The van der Waals surface area contributed by atoms with Gasteiger partial charge in [-0.05, 0) is 61.2 Å². The molecule has 0 unspecified atom stereocenters. The van der Waals surface area contributed by atoms with Crippen molar-refractivity contribution in [2.45, 2.75) is 25.7 Å². The lowest BCUT2D eigenvalue weighted by molar-refractivity contribution is -0.115. The molecule has 1 fully saturated rings. The number of carbonyl (C=O) groups is 1. The molecule has 2 aromatic rings. The molecule has 0 spiro atoms. The molecule has 0 aromatic heterocycles. The van der Waals surface area contributed by atoms with Gasteiger partial charge in [-0.3, -0.25) is 4.79 Å². The number of nitrogens with zero attached hydrogens (tertiary/aromatic N) is 1. The van der Waals surface area contributed by atoms with Crippen LogP contribution < -0.4 is 10.2 Å². The van der Waals surface area contributed by atoms with Gasteiger partial charge in [0, 0.05) is 29.5 Å². The van der Waals surface area contributed by atoms with Crippen LogP contribution in [0.2, 0.25) is 5.02 Å². The van der Waals surface area contributed by atoms with Gasteiger partial charge in [0.15, 0.2) is 0 Å². The molecule has 0 bridgehead atoms. The van der Waals surface area contributed by atoms with E-state index in [-0.39, 0.29) is 12.3 Å². The number of benzene rings is 2. The summed E-state index contributed by atoms with van der Waals surface area (Å²) in [6.45, 7) is 2.17. The van der Waals surface area contributed by atoms with E-state index in [2.05, 4.69) is 10.2 Å². The average molecular weight is 347 g/mol. The first-order valence-corrected chi connectivity index (χ1v) is 8.58. The molecule has 0 atom stereocenters. The highest BCUT2D eigenvalue weighted by Gasteiger charge is 2.12. The fraction of sp³-hybridized carbons (Fsp3) is 0.316. The normalized spacial score (nSPS) is 14.5. The molecule has 3 nitrogen and oxygen atoms in total. The summed E-state index contributed by atoms with van der Waals surface area (Å²) < 4.78 is 13.7. The van der Waals surface area contributed by atoms with Gasteiger partial charge in [-0.15, -0.1) is 0 Å². The molecule has 1 saturated heterocycles. The molecule has 1 amide bonds. The van der Waals surface area contributed by atoms with Crippen LogP contribution in [0.5, 0.6) is 0 Å². The summed E-state index contributed by atoms with van der Waals surface area (Å²) in [6.07, 6.45) is 3.74. The Bertz CT molecular complexity index is 712. The number of rotatable bonds is 4. The number of nitrogens with one attached hydrogen (secondary N) is 1. The number of anilines is 2. The molecular weight excluding hydrogens is 327 g/mol. The molecule has 0 radical (unpaired) electrons. The Morgan fingerprint density at radius 3 is 2.46 bits per heavy atom. The van der Waals surface area contributed by atoms with E-state index in [1.807, 2.05) is 24.3 Å². The molecule has 5 heteroatoms. The van der Waals surface area contributed by atoms with E-state index >= 15 is 0 Å². The second-order valence-corrected chi connectivity index (χ2v) is 6.49. The van der Waals surface area contributed by atoms with E-state index in [4.69, 9.17) is 11.6 Å². The standard InChI is InChI=1S/C19H20ClFN2O/c20-15-5-4-14(18(21)13-15)12-19(24)22-16-6-8-17(9-7-16)23-10-2-1-3-11-23/h4-9,13H,1-3,10-12H2,(H,22,24). The minimum atomic E-state index is -0.460. The fourth-order valence-corrected chi connectivity index (χ4v) is 3.11. The van der Waals surface area contributed by atoms with E-state index < -0.39 is 5.82 Å². The van der Waals surface area contributed by atoms with Crippen molar-refractivity contribution >= 4 is 28.9 Å². The van der Waals surface area contributed by atoms with Gasteiger partial charge in [-0.2, -0.15) is 0 Å². The van der Waals surface area contributed by atoms with E-state index in [9.17, 15) is 9.18 Å². The Morgan fingerprint density at radius 2 is 1.79 bits per heavy atom. The molecule has 2 aromatic carbocycles. The molecule has 3 rings (SSSR count). The molecule has 0 saturated carbocycles. The number of hydrogen-bond donors (Lipinski definition) is 1. The van der Waals surface area contributed by atoms with E-state index in [1.165, 1.54) is 37.1 Å². The first-order valence-electron chi connectivity index (χ1n) is 8.20. The SMILES string of the molecule is O=C(Cc1ccc(Cl)cc1F)Nc1ccc(N2CCCCC2)cc1. The Balaban J connectivity index is 1.59. The molecule has 1 N–H and O–H groups in total. The monoisotopic (exact) mass is 346 g/mol. The molecule has 126 valence electrons. The van der Waals surface area contributed by atoms with Crippen LogP contribution in [0.4, 0.5) is 15.8 Å². The van der Waals surface area contributed by atoms with Crippen molar-refractivity contribution in [2.24, 2.45) is 0 Å². The second-order valence-electron chi connectivity index (χ2n) is 6.06. The summed E-state index contributed by atoms with van der Waals surface area (Å²) in [6, 6.07) is 12.2. The van der Waals surface area contributed by atoms with Crippen molar-refractivity contribution < 1.29 is 9.18 Å². The first-order chi connectivity index (χ1) is 11.6. The second kappa shape index (κ2) is 7.67. The summed E-state index contributed by atoms with van der Waals surface area (Å²) in [5.74, 6) is -0.708. The highest BCUT2D eigenvalue weighted by Crippen LogP contribution is 2.22. The Hall–Kier alpha value is -2.07. The Kier molecular flexibility index (Phi) is 5.36. The number of piperidine rings is 1. The maximum Gasteiger partial charge on any atom is 0.228 e. The van der Waals surface area contributed by atoms with Gasteiger partial charge in [0.1, 0.15) is 5.82 Å². The lowest BCUT2D eigenvalue weighted by Gasteiger charge is -2.28. The summed E-state index contributed by atoms with van der Waals surface area (Å²) in [5, 5.41) is 3.13. The number of hydrogen-bond acceptors (Lipinski definition) is 2. The minimum absolute atomic E-state index is 0.0170. The van der Waals surface area contributed by atoms with Crippen molar-refractivity contribution in [3.8, 4) is 0 Å². The number of amides is 1. The Labute approximate surface area is 146 Å². The van der Waals surface area contributed by atoms with Gasteiger partial charge in [0.2, 0.25) is 5.91 Å². The third kappa shape index (κ3) is 4.26. The van der Waals surface area contributed by atoms with Crippen LogP contribution in [0.15, 0.2) is 42.5 Å². The molecule has 1 aliphatic rings. The zero-order chi connectivity index (χ0) is 16.9. The summed E-state index contributed by atoms with van der Waals surface area (Å²) >= 11 is 5.72. The van der Waals surface area contributed by atoms with Crippen LogP contribution in [0.3, 0.4) is 0 Å². The zero-order valence-corrected chi connectivity index (χ0v) is 14.2. The van der Waals surface area contributed by atoms with Crippen LogP contribution in [0, 0.1) is 5.82 Å². The first kappa shape index (κ1) is 16.8. The third-order valence-corrected chi connectivity index (χ3v) is 4.47.